The molecule has 4 rings (SSSR count). The van der Waals surface area contributed by atoms with Crippen LogP contribution in [0.15, 0.2) is 24.3 Å². The zero-order valence-electron chi connectivity index (χ0n) is 15.5. The van der Waals surface area contributed by atoms with Gasteiger partial charge in [0.15, 0.2) is 5.82 Å². The molecular weight excluding hydrogens is 326 g/mol. The summed E-state index contributed by atoms with van der Waals surface area (Å²) >= 11 is 0. The highest BCUT2D eigenvalue weighted by molar-refractivity contribution is 5.89. The third-order valence-electron chi connectivity index (χ3n) is 5.17. The van der Waals surface area contributed by atoms with Gasteiger partial charge in [0, 0.05) is 31.9 Å². The van der Waals surface area contributed by atoms with E-state index in [9.17, 15) is 4.79 Å². The highest BCUT2D eigenvalue weighted by Crippen LogP contribution is 2.23. The molecule has 0 radical (unpaired) electrons. The van der Waals surface area contributed by atoms with Crippen LogP contribution < -0.4 is 10.2 Å². The van der Waals surface area contributed by atoms with Gasteiger partial charge < -0.3 is 15.1 Å². The van der Waals surface area contributed by atoms with Gasteiger partial charge in [-0.1, -0.05) is 6.07 Å². The van der Waals surface area contributed by atoms with Gasteiger partial charge in [0.25, 0.3) is 0 Å². The fraction of sp³-hybridized carbons (Fsp3) is 0.450. The number of nitrogens with one attached hydrogen (secondary N) is 1. The van der Waals surface area contributed by atoms with E-state index in [0.29, 0.717) is 13.1 Å². The Morgan fingerprint density at radius 1 is 0.962 bits per heavy atom. The zero-order valence-corrected chi connectivity index (χ0v) is 15.5. The predicted octanol–water partition coefficient (Wildman–Crippen LogP) is 2.94. The molecule has 0 bridgehead atoms. The number of hydrogen-bond donors (Lipinski definition) is 1. The number of amides is 2. The maximum absolute atomic E-state index is 12.6. The monoisotopic (exact) mass is 351 g/mol. The van der Waals surface area contributed by atoms with Gasteiger partial charge in [-0.25, -0.2) is 4.79 Å². The average Bonchev–Trinajstić information content (AvgIpc) is 3.08. The van der Waals surface area contributed by atoms with E-state index < -0.39 is 0 Å². The molecule has 0 spiro atoms. The van der Waals surface area contributed by atoms with Gasteiger partial charge >= 0.3 is 6.03 Å². The van der Waals surface area contributed by atoms with E-state index >= 15 is 0 Å². The van der Waals surface area contributed by atoms with Crippen molar-refractivity contribution in [2.24, 2.45) is 0 Å². The molecule has 0 atom stereocenters. The van der Waals surface area contributed by atoms with Crippen molar-refractivity contribution in [2.75, 3.05) is 36.4 Å². The minimum atomic E-state index is -0.0327. The van der Waals surface area contributed by atoms with Crippen LogP contribution in [0.1, 0.15) is 28.8 Å². The van der Waals surface area contributed by atoms with Gasteiger partial charge in [-0.15, -0.1) is 5.10 Å². The van der Waals surface area contributed by atoms with Crippen molar-refractivity contribution in [1.29, 1.82) is 0 Å². The van der Waals surface area contributed by atoms with Crippen LogP contribution in [-0.4, -0.2) is 47.3 Å². The van der Waals surface area contributed by atoms with Crippen molar-refractivity contribution in [3.63, 3.8) is 0 Å². The number of piperazine rings is 1. The first-order chi connectivity index (χ1) is 12.6. The van der Waals surface area contributed by atoms with Crippen LogP contribution in [0.5, 0.6) is 0 Å². The number of aromatic nitrogens is 2. The summed E-state index contributed by atoms with van der Waals surface area (Å²) in [7, 11) is 0. The molecule has 6 heteroatoms. The number of carbonyl (C=O) groups excluding carboxylic acids is 1. The highest BCUT2D eigenvalue weighted by Gasteiger charge is 2.23. The second-order valence-electron chi connectivity index (χ2n) is 7.31. The molecule has 1 aliphatic heterocycles. The minimum absolute atomic E-state index is 0.0327. The van der Waals surface area contributed by atoms with E-state index in [1.165, 1.54) is 12.0 Å². The Hall–Kier alpha value is -2.63. The summed E-state index contributed by atoms with van der Waals surface area (Å²) in [5.74, 6) is 0.944. The van der Waals surface area contributed by atoms with Crippen molar-refractivity contribution in [3.05, 3.63) is 46.6 Å². The summed E-state index contributed by atoms with van der Waals surface area (Å²) in [4.78, 5) is 16.7. The summed E-state index contributed by atoms with van der Waals surface area (Å²) in [5.41, 5.74) is 5.66. The summed E-state index contributed by atoms with van der Waals surface area (Å²) in [5, 5.41) is 11.8. The van der Waals surface area contributed by atoms with E-state index in [2.05, 4.69) is 32.5 Å². The number of anilines is 2. The molecule has 6 nitrogen and oxygen atoms in total. The number of rotatable bonds is 2. The molecule has 136 valence electrons. The first-order valence-electron chi connectivity index (χ1n) is 9.33. The molecule has 0 saturated carbocycles. The summed E-state index contributed by atoms with van der Waals surface area (Å²) < 4.78 is 0. The van der Waals surface area contributed by atoms with Gasteiger partial charge in [0.2, 0.25) is 0 Å². The summed E-state index contributed by atoms with van der Waals surface area (Å²) in [6.45, 7) is 7.03. The van der Waals surface area contributed by atoms with Gasteiger partial charge in [0.1, 0.15) is 0 Å². The lowest BCUT2D eigenvalue weighted by molar-refractivity contribution is 0.208. The third-order valence-corrected chi connectivity index (χ3v) is 5.17. The number of nitrogens with zero attached hydrogens (tertiary/aromatic N) is 4. The van der Waals surface area contributed by atoms with Crippen LogP contribution in [0.2, 0.25) is 0 Å². The Morgan fingerprint density at radius 3 is 2.42 bits per heavy atom. The summed E-state index contributed by atoms with van der Waals surface area (Å²) in [6.07, 6.45) is 3.34. The SMILES string of the molecule is Cc1cc(C)cc(NC(=O)N2CCN(c3cc4c(nn3)CCC4)CC2)c1. The lowest BCUT2D eigenvalue weighted by Crippen LogP contribution is -2.50. The molecule has 2 aromatic rings. The van der Waals surface area contributed by atoms with Crippen LogP contribution in [0.4, 0.5) is 16.3 Å². The first-order valence-corrected chi connectivity index (χ1v) is 9.33. The number of carbonyl (C=O) groups is 1. The second-order valence-corrected chi connectivity index (χ2v) is 7.31. The van der Waals surface area contributed by atoms with Gasteiger partial charge in [-0.05, 0) is 68.0 Å². The molecule has 2 aliphatic rings. The van der Waals surface area contributed by atoms with Gasteiger partial charge in [-0.3, -0.25) is 0 Å². The van der Waals surface area contributed by atoms with Crippen LogP contribution >= 0.6 is 0 Å². The number of hydrogen-bond acceptors (Lipinski definition) is 4. The minimum Gasteiger partial charge on any atom is -0.352 e. The molecule has 0 unspecified atom stereocenters. The fourth-order valence-corrected chi connectivity index (χ4v) is 3.86. The fourth-order valence-electron chi connectivity index (χ4n) is 3.86. The highest BCUT2D eigenvalue weighted by atomic mass is 16.2. The number of benzene rings is 1. The molecule has 2 heterocycles. The molecule has 26 heavy (non-hydrogen) atoms. The molecule has 1 saturated heterocycles. The first kappa shape index (κ1) is 16.8. The largest absolute Gasteiger partial charge is 0.352 e. The maximum Gasteiger partial charge on any atom is 0.321 e. The average molecular weight is 351 g/mol. The van der Waals surface area contributed by atoms with E-state index in [0.717, 1.165) is 54.3 Å². The van der Waals surface area contributed by atoms with Crippen molar-refractivity contribution in [3.8, 4) is 0 Å². The Bertz CT molecular complexity index is 807. The lowest BCUT2D eigenvalue weighted by Gasteiger charge is -2.35. The second kappa shape index (κ2) is 6.94. The Morgan fingerprint density at radius 2 is 1.69 bits per heavy atom. The van der Waals surface area contributed by atoms with Crippen LogP contribution in [-0.2, 0) is 12.8 Å². The predicted molar refractivity (Wildman–Crippen MR) is 103 cm³/mol. The Balaban J connectivity index is 1.36. The topological polar surface area (TPSA) is 61.4 Å². The normalized spacial score (nSPS) is 16.5. The van der Waals surface area contributed by atoms with Crippen molar-refractivity contribution >= 4 is 17.5 Å². The van der Waals surface area contributed by atoms with E-state index in [1.54, 1.807) is 0 Å². The molecular formula is C20H25N5O. The third kappa shape index (κ3) is 3.49. The summed E-state index contributed by atoms with van der Waals surface area (Å²) in [6, 6.07) is 8.25. The molecule has 1 fully saturated rings. The van der Waals surface area contributed by atoms with Crippen molar-refractivity contribution in [2.45, 2.75) is 33.1 Å². The molecule has 2 amide bonds. The molecule has 1 aliphatic carbocycles. The van der Waals surface area contributed by atoms with E-state index in [1.807, 2.05) is 30.9 Å². The molecule has 1 aromatic carbocycles. The number of urea groups is 1. The molecule has 1 aromatic heterocycles. The Labute approximate surface area is 154 Å². The number of fused-ring (bicyclic) bond motifs is 1. The van der Waals surface area contributed by atoms with Gasteiger partial charge in [-0.2, -0.15) is 5.10 Å². The van der Waals surface area contributed by atoms with E-state index in [4.69, 9.17) is 0 Å². The van der Waals surface area contributed by atoms with Crippen LogP contribution in [0.25, 0.3) is 0 Å². The van der Waals surface area contributed by atoms with Crippen molar-refractivity contribution in [1.82, 2.24) is 15.1 Å². The Kier molecular flexibility index (Phi) is 4.49. The standard InChI is InChI=1S/C20H25N5O/c1-14-10-15(2)12-17(11-14)21-20(26)25-8-6-24(7-9-25)19-13-16-4-3-5-18(16)22-23-19/h10-13H,3-9H2,1-2H3,(H,21,26). The smallest absolute Gasteiger partial charge is 0.321 e. The zero-order chi connectivity index (χ0) is 18.1. The lowest BCUT2D eigenvalue weighted by atomic mass is 10.1. The van der Waals surface area contributed by atoms with E-state index in [-0.39, 0.29) is 6.03 Å². The molecule has 1 N–H and O–H groups in total. The van der Waals surface area contributed by atoms with Crippen LogP contribution in [0.3, 0.4) is 0 Å². The quantitative estimate of drug-likeness (QED) is 0.904. The van der Waals surface area contributed by atoms with Gasteiger partial charge in [0.05, 0.1) is 5.69 Å². The maximum atomic E-state index is 12.6. The van der Waals surface area contributed by atoms with Crippen molar-refractivity contribution < 1.29 is 4.79 Å². The van der Waals surface area contributed by atoms with Crippen LogP contribution in [0, 0.1) is 13.8 Å². The number of aryl methyl sites for hydroxylation is 4.